The van der Waals surface area contributed by atoms with Gasteiger partial charge < -0.3 is 15.3 Å². The Morgan fingerprint density at radius 1 is 1.35 bits per heavy atom. The van der Waals surface area contributed by atoms with E-state index in [4.69, 9.17) is 15.3 Å². The molecule has 3 N–H and O–H groups in total. The average molecular weight is 313 g/mol. The maximum Gasteiger partial charge on any atom is 0.411 e. The van der Waals surface area contributed by atoms with Gasteiger partial charge in [0.1, 0.15) is 17.2 Å². The van der Waals surface area contributed by atoms with Crippen molar-refractivity contribution in [1.29, 1.82) is 0 Å². The molecule has 7 heteroatoms. The number of aromatic nitrogens is 1. The SMILES string of the molecule is Nc1nccc2occ(-c3ccc4c(c3F)CCN4C(=O)O)c12. The number of anilines is 2. The Hall–Kier alpha value is -3.09. The van der Waals surface area contributed by atoms with Crippen LogP contribution < -0.4 is 10.6 Å². The van der Waals surface area contributed by atoms with Crippen molar-refractivity contribution in [2.45, 2.75) is 6.42 Å². The van der Waals surface area contributed by atoms with E-state index >= 15 is 0 Å². The molecule has 2 aromatic heterocycles. The van der Waals surface area contributed by atoms with Crippen molar-refractivity contribution in [2.24, 2.45) is 0 Å². The van der Waals surface area contributed by atoms with Gasteiger partial charge in [0, 0.05) is 29.4 Å². The molecule has 116 valence electrons. The van der Waals surface area contributed by atoms with E-state index in [1.165, 1.54) is 12.5 Å². The molecule has 0 fully saturated rings. The minimum atomic E-state index is -1.09. The number of nitrogens with zero attached hydrogens (tertiary/aromatic N) is 2. The summed E-state index contributed by atoms with van der Waals surface area (Å²) in [6.45, 7) is 0.251. The van der Waals surface area contributed by atoms with Crippen LogP contribution >= 0.6 is 0 Å². The first-order valence-electron chi connectivity index (χ1n) is 7.02. The third-order valence-corrected chi connectivity index (χ3v) is 4.13. The van der Waals surface area contributed by atoms with E-state index in [1.54, 1.807) is 18.2 Å². The number of pyridine rings is 1. The summed E-state index contributed by atoms with van der Waals surface area (Å²) in [7, 11) is 0. The summed E-state index contributed by atoms with van der Waals surface area (Å²) in [5, 5.41) is 9.70. The minimum absolute atomic E-state index is 0.251. The second-order valence-electron chi connectivity index (χ2n) is 5.33. The van der Waals surface area contributed by atoms with Gasteiger partial charge in [-0.3, -0.25) is 4.90 Å². The van der Waals surface area contributed by atoms with Crippen LogP contribution in [0.4, 0.5) is 20.7 Å². The molecule has 0 unspecified atom stereocenters. The highest BCUT2D eigenvalue weighted by molar-refractivity contribution is 6.01. The van der Waals surface area contributed by atoms with Crippen LogP contribution in [-0.4, -0.2) is 22.7 Å². The van der Waals surface area contributed by atoms with Crippen molar-refractivity contribution in [2.75, 3.05) is 17.2 Å². The zero-order valence-corrected chi connectivity index (χ0v) is 11.9. The van der Waals surface area contributed by atoms with Crippen LogP contribution in [-0.2, 0) is 6.42 Å². The smallest absolute Gasteiger partial charge is 0.411 e. The Kier molecular flexibility index (Phi) is 2.77. The van der Waals surface area contributed by atoms with Gasteiger partial charge in [0.2, 0.25) is 0 Å². The van der Waals surface area contributed by atoms with E-state index in [1.807, 2.05) is 0 Å². The molecule has 0 saturated heterocycles. The van der Waals surface area contributed by atoms with Gasteiger partial charge in [-0.25, -0.2) is 14.2 Å². The van der Waals surface area contributed by atoms with Gasteiger partial charge in [-0.1, -0.05) is 0 Å². The number of carboxylic acid groups (broad SMARTS) is 1. The predicted octanol–water partition coefficient (Wildman–Crippen LogP) is 3.26. The number of hydrogen-bond donors (Lipinski definition) is 2. The molecule has 1 aliphatic rings. The monoisotopic (exact) mass is 313 g/mol. The fourth-order valence-corrected chi connectivity index (χ4v) is 3.06. The third-order valence-electron chi connectivity index (χ3n) is 4.13. The number of furan rings is 1. The molecule has 3 aromatic rings. The lowest BCUT2D eigenvalue weighted by Crippen LogP contribution is -2.26. The second-order valence-corrected chi connectivity index (χ2v) is 5.33. The lowest BCUT2D eigenvalue weighted by molar-refractivity contribution is 0.202. The standard InChI is InChI=1S/C16H12FN3O3/c17-14-8(1-2-11-9(14)4-6-20(11)16(21)22)10-7-23-12-3-5-19-15(18)13(10)12/h1-3,5,7H,4,6H2,(H2,18,19)(H,21,22). The Morgan fingerprint density at radius 2 is 2.17 bits per heavy atom. The molecule has 0 atom stereocenters. The van der Waals surface area contributed by atoms with E-state index in [2.05, 4.69) is 4.98 Å². The molecule has 23 heavy (non-hydrogen) atoms. The first-order chi connectivity index (χ1) is 11.1. The third kappa shape index (κ3) is 1.86. The van der Waals surface area contributed by atoms with Crippen molar-refractivity contribution in [3.05, 3.63) is 42.0 Å². The molecule has 0 spiro atoms. The maximum atomic E-state index is 14.9. The van der Waals surface area contributed by atoms with Crippen LogP contribution in [0.1, 0.15) is 5.56 Å². The number of rotatable bonds is 1. The molecular weight excluding hydrogens is 301 g/mol. The molecule has 0 saturated carbocycles. The van der Waals surface area contributed by atoms with Crippen LogP contribution in [0, 0.1) is 5.82 Å². The Morgan fingerprint density at radius 3 is 2.96 bits per heavy atom. The largest absolute Gasteiger partial charge is 0.465 e. The number of hydrogen-bond acceptors (Lipinski definition) is 4. The number of nitrogen functional groups attached to an aromatic ring is 1. The van der Waals surface area contributed by atoms with E-state index in [0.717, 1.165) is 4.90 Å². The van der Waals surface area contributed by atoms with E-state index < -0.39 is 11.9 Å². The summed E-state index contributed by atoms with van der Waals surface area (Å²) in [6.07, 6.45) is 2.22. The molecule has 1 aliphatic heterocycles. The van der Waals surface area contributed by atoms with Crippen LogP contribution in [0.2, 0.25) is 0 Å². The molecule has 0 bridgehead atoms. The summed E-state index contributed by atoms with van der Waals surface area (Å²) >= 11 is 0. The number of halogens is 1. The molecule has 0 radical (unpaired) electrons. The van der Waals surface area contributed by atoms with Crippen molar-refractivity contribution >= 4 is 28.6 Å². The molecule has 4 rings (SSSR count). The van der Waals surface area contributed by atoms with Crippen molar-refractivity contribution in [1.82, 2.24) is 4.98 Å². The summed E-state index contributed by atoms with van der Waals surface area (Å²) in [5.74, 6) is -0.185. The summed E-state index contributed by atoms with van der Waals surface area (Å²) in [6, 6.07) is 4.82. The fourth-order valence-electron chi connectivity index (χ4n) is 3.06. The summed E-state index contributed by atoms with van der Waals surface area (Å²) in [5.41, 5.74) is 8.03. The fraction of sp³-hybridized carbons (Fsp3) is 0.125. The first kappa shape index (κ1) is 13.6. The quantitative estimate of drug-likeness (QED) is 0.719. The average Bonchev–Trinajstić information content (AvgIpc) is 3.12. The maximum absolute atomic E-state index is 14.9. The Labute approximate surface area is 129 Å². The first-order valence-corrected chi connectivity index (χ1v) is 7.02. The lowest BCUT2D eigenvalue weighted by atomic mass is 10.0. The molecule has 1 aromatic carbocycles. The van der Waals surface area contributed by atoms with Gasteiger partial charge in [-0.2, -0.15) is 0 Å². The zero-order valence-electron chi connectivity index (χ0n) is 11.9. The van der Waals surface area contributed by atoms with Gasteiger partial charge >= 0.3 is 6.09 Å². The molecule has 6 nitrogen and oxygen atoms in total. The van der Waals surface area contributed by atoms with Gasteiger partial charge in [0.25, 0.3) is 0 Å². The van der Waals surface area contributed by atoms with Crippen LogP contribution in [0.25, 0.3) is 22.1 Å². The molecule has 0 aliphatic carbocycles. The topological polar surface area (TPSA) is 92.6 Å². The van der Waals surface area contributed by atoms with Gasteiger partial charge in [-0.05, 0) is 24.6 Å². The van der Waals surface area contributed by atoms with Gasteiger partial charge in [-0.15, -0.1) is 0 Å². The van der Waals surface area contributed by atoms with Crippen molar-refractivity contribution in [3.8, 4) is 11.1 Å². The minimum Gasteiger partial charge on any atom is -0.465 e. The molecule has 1 amide bonds. The second kappa shape index (κ2) is 4.70. The lowest BCUT2D eigenvalue weighted by Gasteiger charge is -2.13. The number of benzene rings is 1. The summed E-state index contributed by atoms with van der Waals surface area (Å²) < 4.78 is 20.3. The van der Waals surface area contributed by atoms with Crippen molar-refractivity contribution in [3.63, 3.8) is 0 Å². The number of carbonyl (C=O) groups is 1. The zero-order chi connectivity index (χ0) is 16.1. The summed E-state index contributed by atoms with van der Waals surface area (Å²) in [4.78, 5) is 16.3. The normalized spacial score (nSPS) is 13.5. The van der Waals surface area contributed by atoms with E-state index in [9.17, 15) is 9.18 Å². The highest BCUT2D eigenvalue weighted by atomic mass is 19.1. The highest BCUT2D eigenvalue weighted by Gasteiger charge is 2.29. The van der Waals surface area contributed by atoms with Crippen LogP contribution in [0.5, 0.6) is 0 Å². The van der Waals surface area contributed by atoms with Gasteiger partial charge in [0.15, 0.2) is 0 Å². The van der Waals surface area contributed by atoms with Crippen LogP contribution in [0.3, 0.4) is 0 Å². The van der Waals surface area contributed by atoms with E-state index in [0.29, 0.717) is 39.8 Å². The number of nitrogens with two attached hydrogens (primary N) is 1. The van der Waals surface area contributed by atoms with E-state index in [-0.39, 0.29) is 12.4 Å². The number of fused-ring (bicyclic) bond motifs is 2. The highest BCUT2D eigenvalue weighted by Crippen LogP contribution is 2.39. The molecular formula is C16H12FN3O3. The van der Waals surface area contributed by atoms with Crippen molar-refractivity contribution < 1.29 is 18.7 Å². The number of amides is 1. The Balaban J connectivity index is 1.92. The van der Waals surface area contributed by atoms with Crippen LogP contribution in [0.15, 0.2) is 35.1 Å². The van der Waals surface area contributed by atoms with Gasteiger partial charge in [0.05, 0.1) is 17.3 Å². The predicted molar refractivity (Wildman–Crippen MR) is 82.9 cm³/mol. The molecule has 3 heterocycles. The Bertz CT molecular complexity index is 951.